The number of anilines is 1. The molecule has 0 unspecified atom stereocenters. The first-order chi connectivity index (χ1) is 16.0. The van der Waals surface area contributed by atoms with Crippen LogP contribution in [0.1, 0.15) is 55.7 Å². The maximum absolute atomic E-state index is 13.6. The van der Waals surface area contributed by atoms with Crippen molar-refractivity contribution in [2.75, 3.05) is 12.0 Å². The van der Waals surface area contributed by atoms with E-state index in [2.05, 4.69) is 4.74 Å². The molecule has 3 rings (SSSR count). The standard InChI is InChI=1S/C28H31NO4/c1-21(30)11-12-22-13-15-24(16-14-22)20-29(28(32)25-8-4-3-5-9-25)26-10-6-7-23(19-26)17-18-27(31)33-2/h6-7,10-19,25H,3-5,8-9,20H2,1-2H3/b12-11+,18-17+. The maximum Gasteiger partial charge on any atom is 0.330 e. The molecule has 1 fully saturated rings. The summed E-state index contributed by atoms with van der Waals surface area (Å²) in [5.74, 6) is -0.242. The molecule has 2 aromatic rings. The van der Waals surface area contributed by atoms with E-state index in [1.165, 1.54) is 26.5 Å². The van der Waals surface area contributed by atoms with Crippen molar-refractivity contribution in [2.45, 2.75) is 45.6 Å². The van der Waals surface area contributed by atoms with E-state index in [4.69, 9.17) is 0 Å². The number of esters is 1. The number of ketones is 1. The zero-order valence-corrected chi connectivity index (χ0v) is 19.3. The topological polar surface area (TPSA) is 63.7 Å². The van der Waals surface area contributed by atoms with Gasteiger partial charge in [-0.1, -0.05) is 61.7 Å². The van der Waals surface area contributed by atoms with Crippen molar-refractivity contribution in [1.29, 1.82) is 0 Å². The van der Waals surface area contributed by atoms with Crippen molar-refractivity contribution in [3.63, 3.8) is 0 Å². The summed E-state index contributed by atoms with van der Waals surface area (Å²) in [7, 11) is 1.34. The van der Waals surface area contributed by atoms with Gasteiger partial charge in [-0.25, -0.2) is 4.79 Å². The van der Waals surface area contributed by atoms with E-state index in [-0.39, 0.29) is 17.6 Å². The van der Waals surface area contributed by atoms with Crippen molar-refractivity contribution in [3.8, 4) is 0 Å². The normalized spacial score (nSPS) is 14.5. The Balaban J connectivity index is 1.87. The monoisotopic (exact) mass is 445 g/mol. The zero-order chi connectivity index (χ0) is 23.6. The van der Waals surface area contributed by atoms with Gasteiger partial charge < -0.3 is 9.64 Å². The summed E-state index contributed by atoms with van der Waals surface area (Å²) in [5.41, 5.74) is 3.57. The lowest BCUT2D eigenvalue weighted by Gasteiger charge is -2.30. The van der Waals surface area contributed by atoms with Crippen LogP contribution in [-0.2, 0) is 25.7 Å². The summed E-state index contributed by atoms with van der Waals surface area (Å²) < 4.78 is 4.67. The molecule has 1 aliphatic rings. The Kier molecular flexibility index (Phi) is 8.76. The highest BCUT2D eigenvalue weighted by molar-refractivity contribution is 5.95. The lowest BCUT2D eigenvalue weighted by Crippen LogP contribution is -2.36. The number of carbonyl (C=O) groups is 3. The van der Waals surface area contributed by atoms with Gasteiger partial charge in [0, 0.05) is 17.7 Å². The van der Waals surface area contributed by atoms with Crippen LogP contribution >= 0.6 is 0 Å². The largest absolute Gasteiger partial charge is 0.466 e. The maximum atomic E-state index is 13.6. The van der Waals surface area contributed by atoms with E-state index in [1.807, 2.05) is 53.4 Å². The zero-order valence-electron chi connectivity index (χ0n) is 19.3. The van der Waals surface area contributed by atoms with Gasteiger partial charge in [-0.05, 0) is 60.7 Å². The number of methoxy groups -OCH3 is 1. The van der Waals surface area contributed by atoms with E-state index in [9.17, 15) is 14.4 Å². The molecule has 2 aromatic carbocycles. The van der Waals surface area contributed by atoms with Crippen LogP contribution < -0.4 is 4.90 Å². The van der Waals surface area contributed by atoms with Crippen LogP contribution in [0.5, 0.6) is 0 Å². The fourth-order valence-electron chi connectivity index (χ4n) is 4.03. The second kappa shape index (κ2) is 12.0. The molecule has 0 N–H and O–H groups in total. The Morgan fingerprint density at radius 3 is 2.30 bits per heavy atom. The summed E-state index contributed by atoms with van der Waals surface area (Å²) in [4.78, 5) is 38.1. The Morgan fingerprint density at radius 2 is 1.64 bits per heavy atom. The third-order valence-electron chi connectivity index (χ3n) is 5.85. The molecule has 0 saturated heterocycles. The molecule has 1 amide bonds. The van der Waals surface area contributed by atoms with Crippen LogP contribution in [0.2, 0.25) is 0 Å². The highest BCUT2D eigenvalue weighted by Crippen LogP contribution is 2.29. The minimum atomic E-state index is -0.422. The number of benzene rings is 2. The van der Waals surface area contributed by atoms with Crippen molar-refractivity contribution < 1.29 is 19.1 Å². The molecular weight excluding hydrogens is 414 g/mol. The predicted octanol–water partition coefficient (Wildman–Crippen LogP) is 5.59. The summed E-state index contributed by atoms with van der Waals surface area (Å²) in [6.07, 6.45) is 11.6. The molecule has 0 aromatic heterocycles. The number of hydrogen-bond acceptors (Lipinski definition) is 4. The Bertz CT molecular complexity index is 1030. The Hall–Kier alpha value is -3.47. The molecular formula is C28H31NO4. The summed E-state index contributed by atoms with van der Waals surface area (Å²) in [5, 5.41) is 0. The van der Waals surface area contributed by atoms with Gasteiger partial charge in [0.15, 0.2) is 5.78 Å². The second-order valence-electron chi connectivity index (χ2n) is 8.40. The van der Waals surface area contributed by atoms with Gasteiger partial charge in [-0.3, -0.25) is 9.59 Å². The first kappa shape index (κ1) is 24.2. The van der Waals surface area contributed by atoms with Gasteiger partial charge >= 0.3 is 5.97 Å². The molecule has 1 saturated carbocycles. The Labute approximate surface area is 195 Å². The molecule has 0 heterocycles. The van der Waals surface area contributed by atoms with Gasteiger partial charge in [0.25, 0.3) is 0 Å². The minimum absolute atomic E-state index is 0.00413. The average Bonchev–Trinajstić information content (AvgIpc) is 2.85. The van der Waals surface area contributed by atoms with Crippen LogP contribution in [0.4, 0.5) is 5.69 Å². The van der Waals surface area contributed by atoms with Crippen molar-refractivity contribution in [1.82, 2.24) is 0 Å². The number of ether oxygens (including phenoxy) is 1. The molecule has 172 valence electrons. The van der Waals surface area contributed by atoms with Crippen LogP contribution in [0.25, 0.3) is 12.2 Å². The van der Waals surface area contributed by atoms with E-state index < -0.39 is 5.97 Å². The molecule has 0 bridgehead atoms. The number of rotatable bonds is 8. The number of nitrogens with zero attached hydrogens (tertiary/aromatic N) is 1. The molecule has 1 aliphatic carbocycles. The van der Waals surface area contributed by atoms with Crippen molar-refractivity contribution in [3.05, 3.63) is 77.4 Å². The van der Waals surface area contributed by atoms with Crippen LogP contribution in [0.3, 0.4) is 0 Å². The van der Waals surface area contributed by atoms with Crippen LogP contribution in [0.15, 0.2) is 60.7 Å². The first-order valence-corrected chi connectivity index (χ1v) is 11.4. The molecule has 5 heteroatoms. The van der Waals surface area contributed by atoms with Crippen LogP contribution in [0, 0.1) is 5.92 Å². The van der Waals surface area contributed by atoms with E-state index in [1.54, 1.807) is 18.2 Å². The summed E-state index contributed by atoms with van der Waals surface area (Å²) in [6.45, 7) is 1.98. The third-order valence-corrected chi connectivity index (χ3v) is 5.85. The number of hydrogen-bond donors (Lipinski definition) is 0. The minimum Gasteiger partial charge on any atom is -0.466 e. The fourth-order valence-corrected chi connectivity index (χ4v) is 4.03. The molecule has 0 aliphatic heterocycles. The van der Waals surface area contributed by atoms with Gasteiger partial charge in [0.2, 0.25) is 5.91 Å². The lowest BCUT2D eigenvalue weighted by molar-refractivity contribution is -0.134. The van der Waals surface area contributed by atoms with Crippen molar-refractivity contribution >= 4 is 35.5 Å². The number of amides is 1. The van der Waals surface area contributed by atoms with Crippen molar-refractivity contribution in [2.24, 2.45) is 5.92 Å². The quantitative estimate of drug-likeness (QED) is 0.393. The van der Waals surface area contributed by atoms with Gasteiger partial charge in [0.05, 0.1) is 13.7 Å². The molecule has 0 spiro atoms. The smallest absolute Gasteiger partial charge is 0.330 e. The van der Waals surface area contributed by atoms with Crippen LogP contribution in [-0.4, -0.2) is 24.8 Å². The van der Waals surface area contributed by atoms with Gasteiger partial charge in [-0.15, -0.1) is 0 Å². The first-order valence-electron chi connectivity index (χ1n) is 11.4. The van der Waals surface area contributed by atoms with E-state index in [0.29, 0.717) is 6.54 Å². The van der Waals surface area contributed by atoms with E-state index in [0.717, 1.165) is 48.1 Å². The second-order valence-corrected chi connectivity index (χ2v) is 8.40. The highest BCUT2D eigenvalue weighted by atomic mass is 16.5. The lowest BCUT2D eigenvalue weighted by atomic mass is 9.88. The molecule has 0 atom stereocenters. The average molecular weight is 446 g/mol. The Morgan fingerprint density at radius 1 is 0.939 bits per heavy atom. The SMILES string of the molecule is COC(=O)/C=C/c1cccc(N(Cc2ccc(/C=C/C(C)=O)cc2)C(=O)C2CCCCC2)c1. The molecule has 5 nitrogen and oxygen atoms in total. The third kappa shape index (κ3) is 7.28. The summed E-state index contributed by atoms with van der Waals surface area (Å²) >= 11 is 0. The van der Waals surface area contributed by atoms with E-state index >= 15 is 0 Å². The highest BCUT2D eigenvalue weighted by Gasteiger charge is 2.27. The molecule has 0 radical (unpaired) electrons. The molecule has 33 heavy (non-hydrogen) atoms. The number of carbonyl (C=O) groups excluding carboxylic acids is 3. The number of allylic oxidation sites excluding steroid dienone is 1. The fraction of sp³-hybridized carbons (Fsp3) is 0.321. The summed E-state index contributed by atoms with van der Waals surface area (Å²) in [6, 6.07) is 15.5. The van der Waals surface area contributed by atoms with Gasteiger partial charge in [0.1, 0.15) is 0 Å². The predicted molar refractivity (Wildman–Crippen MR) is 131 cm³/mol. The van der Waals surface area contributed by atoms with Gasteiger partial charge in [-0.2, -0.15) is 0 Å².